The number of aromatic nitrogens is 3. The highest BCUT2D eigenvalue weighted by atomic mass is 32.2. The average Bonchev–Trinajstić information content (AvgIpc) is 3.10. The van der Waals surface area contributed by atoms with Crippen LogP contribution in [0, 0.1) is 0 Å². The standard InChI is InChI=1S/C15H16F3N5O3S/c16-15(17,18)27(25,26)11-6-4-10(5-7-11)12(24)19-13-20-14(22-21-13)23-8-2-1-3-9-23/h4-7H,1-3,8-9H2,(H2,19,20,21,22,24). The summed E-state index contributed by atoms with van der Waals surface area (Å²) >= 11 is 0. The second kappa shape index (κ2) is 7.18. The largest absolute Gasteiger partial charge is 0.501 e. The zero-order valence-corrected chi connectivity index (χ0v) is 14.8. The summed E-state index contributed by atoms with van der Waals surface area (Å²) in [4.78, 5) is 17.4. The van der Waals surface area contributed by atoms with Gasteiger partial charge in [0, 0.05) is 18.7 Å². The Kier molecular flexibility index (Phi) is 5.09. The van der Waals surface area contributed by atoms with Crippen LogP contribution < -0.4 is 10.2 Å². The van der Waals surface area contributed by atoms with Gasteiger partial charge in [-0.25, -0.2) is 13.5 Å². The first-order valence-electron chi connectivity index (χ1n) is 8.08. The molecule has 1 amide bonds. The van der Waals surface area contributed by atoms with E-state index in [2.05, 4.69) is 20.5 Å². The molecule has 2 heterocycles. The highest BCUT2D eigenvalue weighted by Gasteiger charge is 2.46. The number of H-pyrrole nitrogens is 1. The lowest BCUT2D eigenvalue weighted by Crippen LogP contribution is -2.30. The van der Waals surface area contributed by atoms with Gasteiger partial charge in [-0.1, -0.05) is 0 Å². The molecule has 0 atom stereocenters. The van der Waals surface area contributed by atoms with E-state index in [9.17, 15) is 26.4 Å². The Balaban J connectivity index is 1.69. The van der Waals surface area contributed by atoms with Crippen molar-refractivity contribution in [3.63, 3.8) is 0 Å². The van der Waals surface area contributed by atoms with Crippen LogP contribution in [0.1, 0.15) is 29.6 Å². The topological polar surface area (TPSA) is 108 Å². The van der Waals surface area contributed by atoms with E-state index in [4.69, 9.17) is 0 Å². The van der Waals surface area contributed by atoms with Crippen LogP contribution in [0.3, 0.4) is 0 Å². The fourth-order valence-electron chi connectivity index (χ4n) is 2.64. The molecule has 1 aromatic heterocycles. The van der Waals surface area contributed by atoms with Gasteiger partial charge in [0.25, 0.3) is 15.7 Å². The second-order valence-corrected chi connectivity index (χ2v) is 7.90. The number of rotatable bonds is 4. The van der Waals surface area contributed by atoms with E-state index in [1.165, 1.54) is 0 Å². The van der Waals surface area contributed by atoms with Crippen LogP contribution in [-0.2, 0) is 9.84 Å². The number of aromatic amines is 1. The summed E-state index contributed by atoms with van der Waals surface area (Å²) in [6, 6.07) is 3.46. The third-order valence-corrected chi connectivity index (χ3v) is 5.58. The van der Waals surface area contributed by atoms with Crippen LogP contribution in [0.2, 0.25) is 0 Å². The zero-order chi connectivity index (χ0) is 19.7. The van der Waals surface area contributed by atoms with E-state index in [1.807, 2.05) is 4.90 Å². The summed E-state index contributed by atoms with van der Waals surface area (Å²) in [5, 5.41) is 9.05. The molecule has 1 aliphatic heterocycles. The van der Waals surface area contributed by atoms with Gasteiger partial charge in [0.05, 0.1) is 4.90 Å². The summed E-state index contributed by atoms with van der Waals surface area (Å²) in [5.41, 5.74) is -5.42. The van der Waals surface area contributed by atoms with Crippen molar-refractivity contribution < 1.29 is 26.4 Å². The minimum absolute atomic E-state index is 0.0213. The van der Waals surface area contributed by atoms with Gasteiger partial charge >= 0.3 is 5.51 Å². The molecular weight excluding hydrogens is 387 g/mol. The van der Waals surface area contributed by atoms with Crippen molar-refractivity contribution in [2.24, 2.45) is 0 Å². The summed E-state index contributed by atoms with van der Waals surface area (Å²) in [5.74, 6) is -0.114. The molecule has 146 valence electrons. The first-order chi connectivity index (χ1) is 12.7. The van der Waals surface area contributed by atoms with Gasteiger partial charge in [0.15, 0.2) is 0 Å². The Labute approximate surface area is 152 Å². The summed E-state index contributed by atoms with van der Waals surface area (Å²) < 4.78 is 60.2. The molecule has 1 fully saturated rings. The van der Waals surface area contributed by atoms with Crippen LogP contribution in [-0.4, -0.2) is 48.1 Å². The Morgan fingerprint density at radius 2 is 1.74 bits per heavy atom. The van der Waals surface area contributed by atoms with Gasteiger partial charge < -0.3 is 4.90 Å². The number of anilines is 2. The predicted octanol–water partition coefficient (Wildman–Crippen LogP) is 2.34. The number of hydrogen-bond donors (Lipinski definition) is 2. The monoisotopic (exact) mass is 403 g/mol. The van der Waals surface area contributed by atoms with Crippen molar-refractivity contribution in [2.45, 2.75) is 29.7 Å². The number of carbonyl (C=O) groups excluding carboxylic acids is 1. The Morgan fingerprint density at radius 1 is 1.11 bits per heavy atom. The zero-order valence-electron chi connectivity index (χ0n) is 14.0. The second-order valence-electron chi connectivity index (χ2n) is 5.96. The van der Waals surface area contributed by atoms with Crippen molar-refractivity contribution in [3.05, 3.63) is 29.8 Å². The van der Waals surface area contributed by atoms with Crippen molar-refractivity contribution >= 4 is 27.6 Å². The number of piperidine rings is 1. The number of amides is 1. The molecular formula is C15H16F3N5O3S. The van der Waals surface area contributed by atoms with Gasteiger partial charge in [-0.2, -0.15) is 18.2 Å². The third-order valence-electron chi connectivity index (χ3n) is 4.08. The maximum atomic E-state index is 12.5. The van der Waals surface area contributed by atoms with Crippen LogP contribution in [0.5, 0.6) is 0 Å². The van der Waals surface area contributed by atoms with E-state index in [-0.39, 0.29) is 11.5 Å². The first-order valence-corrected chi connectivity index (χ1v) is 9.57. The smallest absolute Gasteiger partial charge is 0.340 e. The van der Waals surface area contributed by atoms with Crippen LogP contribution >= 0.6 is 0 Å². The predicted molar refractivity (Wildman–Crippen MR) is 90.1 cm³/mol. The van der Waals surface area contributed by atoms with E-state index >= 15 is 0 Å². The van der Waals surface area contributed by atoms with Crippen molar-refractivity contribution in [1.29, 1.82) is 0 Å². The normalized spacial score (nSPS) is 15.6. The Morgan fingerprint density at radius 3 is 2.33 bits per heavy atom. The first kappa shape index (κ1) is 19.1. The molecule has 0 spiro atoms. The molecule has 1 saturated heterocycles. The Hall–Kier alpha value is -2.63. The summed E-state index contributed by atoms with van der Waals surface area (Å²) in [6.45, 7) is 1.64. The minimum Gasteiger partial charge on any atom is -0.340 e. The molecule has 1 aliphatic rings. The van der Waals surface area contributed by atoms with Gasteiger partial charge in [-0.15, -0.1) is 5.10 Å². The highest BCUT2D eigenvalue weighted by molar-refractivity contribution is 7.92. The van der Waals surface area contributed by atoms with Gasteiger partial charge in [0.2, 0.25) is 11.9 Å². The number of hydrogen-bond acceptors (Lipinski definition) is 6. The van der Waals surface area contributed by atoms with E-state index < -0.39 is 26.1 Å². The molecule has 0 unspecified atom stereocenters. The molecule has 2 aromatic rings. The van der Waals surface area contributed by atoms with Crippen LogP contribution in [0.15, 0.2) is 29.2 Å². The number of benzene rings is 1. The Bertz CT molecular complexity index is 919. The summed E-state index contributed by atoms with van der Waals surface area (Å²) in [6.07, 6.45) is 3.21. The molecule has 3 rings (SSSR count). The highest BCUT2D eigenvalue weighted by Crippen LogP contribution is 2.30. The molecule has 0 radical (unpaired) electrons. The number of halogens is 3. The lowest BCUT2D eigenvalue weighted by Gasteiger charge is -2.24. The molecule has 1 aromatic carbocycles. The molecule has 8 nitrogen and oxygen atoms in total. The van der Waals surface area contributed by atoms with Gasteiger partial charge in [-0.3, -0.25) is 10.1 Å². The average molecular weight is 403 g/mol. The van der Waals surface area contributed by atoms with Crippen LogP contribution in [0.25, 0.3) is 0 Å². The SMILES string of the molecule is O=C(Nc1nc(N2CCCCC2)n[nH]1)c1ccc(S(=O)(=O)C(F)(F)F)cc1. The van der Waals surface area contributed by atoms with E-state index in [0.29, 0.717) is 5.95 Å². The van der Waals surface area contributed by atoms with Gasteiger partial charge in [-0.05, 0) is 43.5 Å². The molecule has 0 aliphatic carbocycles. The number of carbonyl (C=O) groups is 1. The number of sulfone groups is 1. The van der Waals surface area contributed by atoms with Crippen molar-refractivity contribution in [3.8, 4) is 0 Å². The number of alkyl halides is 3. The summed E-state index contributed by atoms with van der Waals surface area (Å²) in [7, 11) is -5.45. The third kappa shape index (κ3) is 4.04. The maximum absolute atomic E-state index is 12.5. The molecule has 2 N–H and O–H groups in total. The lowest BCUT2D eigenvalue weighted by atomic mass is 10.1. The van der Waals surface area contributed by atoms with E-state index in [1.54, 1.807) is 0 Å². The van der Waals surface area contributed by atoms with E-state index in [0.717, 1.165) is 56.6 Å². The maximum Gasteiger partial charge on any atom is 0.501 e. The van der Waals surface area contributed by atoms with Gasteiger partial charge in [0.1, 0.15) is 0 Å². The quantitative estimate of drug-likeness (QED) is 0.811. The minimum atomic E-state index is -5.45. The fourth-order valence-corrected chi connectivity index (χ4v) is 3.40. The van der Waals surface area contributed by atoms with Crippen LogP contribution in [0.4, 0.5) is 25.1 Å². The number of nitrogens with one attached hydrogen (secondary N) is 2. The molecule has 12 heteroatoms. The molecule has 27 heavy (non-hydrogen) atoms. The molecule has 0 bridgehead atoms. The molecule has 0 saturated carbocycles. The number of nitrogens with zero attached hydrogens (tertiary/aromatic N) is 3. The fraction of sp³-hybridized carbons (Fsp3) is 0.400. The van der Waals surface area contributed by atoms with Crippen molar-refractivity contribution in [1.82, 2.24) is 15.2 Å². The lowest BCUT2D eigenvalue weighted by molar-refractivity contribution is -0.0436. The van der Waals surface area contributed by atoms with Crippen molar-refractivity contribution in [2.75, 3.05) is 23.3 Å².